The maximum Gasteiger partial charge on any atom is 0.269 e. The van der Waals surface area contributed by atoms with E-state index in [0.717, 1.165) is 17.1 Å². The van der Waals surface area contributed by atoms with E-state index in [0.29, 0.717) is 13.3 Å². The summed E-state index contributed by atoms with van der Waals surface area (Å²) < 4.78 is 10.5. The Labute approximate surface area is 85.4 Å². The lowest BCUT2D eigenvalue weighted by Crippen LogP contribution is -2.39. The van der Waals surface area contributed by atoms with Crippen LogP contribution in [0.15, 0.2) is 24.5 Å². The number of hydrogen-bond donors (Lipinski definition) is 1. The summed E-state index contributed by atoms with van der Waals surface area (Å²) in [6.07, 6.45) is 1.53. The smallest absolute Gasteiger partial charge is 0.269 e. The van der Waals surface area contributed by atoms with Gasteiger partial charge in [0, 0.05) is 5.56 Å². The Bertz CT molecular complexity index is 469. The summed E-state index contributed by atoms with van der Waals surface area (Å²) in [5.41, 5.74) is 1.08. The van der Waals surface area contributed by atoms with Gasteiger partial charge in [-0.2, -0.15) is 5.10 Å². The molecular weight excluding hydrogens is 196 g/mol. The maximum atomic E-state index is 5.28. The fraction of sp³-hybridized carbons (Fsp3) is 0.222. The average molecular weight is 205 g/mol. The summed E-state index contributed by atoms with van der Waals surface area (Å²) >= 11 is 0. The normalized spacial score (nSPS) is 13.1. The van der Waals surface area contributed by atoms with Crippen LogP contribution in [0.2, 0.25) is 0 Å². The molecule has 1 aliphatic heterocycles. The van der Waals surface area contributed by atoms with Crippen molar-refractivity contribution in [2.75, 3.05) is 6.79 Å². The van der Waals surface area contributed by atoms with Gasteiger partial charge >= 0.3 is 0 Å². The van der Waals surface area contributed by atoms with Crippen LogP contribution in [0.25, 0.3) is 0 Å². The van der Waals surface area contributed by atoms with Crippen molar-refractivity contribution in [3.8, 4) is 11.5 Å². The highest BCUT2D eigenvalue weighted by molar-refractivity contribution is 5.44. The van der Waals surface area contributed by atoms with Crippen LogP contribution in [0, 0.1) is 0 Å². The molecule has 0 radical (unpaired) electrons. The molecule has 76 valence electrons. The van der Waals surface area contributed by atoms with E-state index < -0.39 is 0 Å². The Hall–Kier alpha value is -2.11. The first kappa shape index (κ1) is 8.22. The second-order valence-corrected chi connectivity index (χ2v) is 3.21. The van der Waals surface area contributed by atoms with Crippen LogP contribution in [-0.2, 0) is 6.54 Å². The summed E-state index contributed by atoms with van der Waals surface area (Å²) in [6, 6.07) is 5.81. The third kappa shape index (κ3) is 1.50. The fourth-order valence-corrected chi connectivity index (χ4v) is 1.50. The van der Waals surface area contributed by atoms with Gasteiger partial charge in [0.1, 0.15) is 0 Å². The molecule has 1 N–H and O–H groups in total. The molecule has 2 aromatic rings. The molecule has 6 nitrogen and oxygen atoms in total. The van der Waals surface area contributed by atoms with Crippen molar-refractivity contribution in [3.63, 3.8) is 0 Å². The summed E-state index contributed by atoms with van der Waals surface area (Å²) in [5.74, 6) is 1.58. The monoisotopic (exact) mass is 205 g/mol. The van der Waals surface area contributed by atoms with Gasteiger partial charge in [-0.05, 0) is 12.1 Å². The van der Waals surface area contributed by atoms with E-state index in [1.807, 2.05) is 18.2 Å². The van der Waals surface area contributed by atoms with E-state index in [4.69, 9.17) is 9.47 Å². The Morgan fingerprint density at radius 3 is 3.13 bits per heavy atom. The van der Waals surface area contributed by atoms with Gasteiger partial charge in [-0.25, -0.2) is 0 Å². The number of aromatic amines is 1. The van der Waals surface area contributed by atoms with E-state index in [9.17, 15) is 0 Å². The van der Waals surface area contributed by atoms with Crippen molar-refractivity contribution in [1.82, 2.24) is 15.4 Å². The van der Waals surface area contributed by atoms with Crippen molar-refractivity contribution in [3.05, 3.63) is 30.1 Å². The molecule has 0 bridgehead atoms. The zero-order valence-electron chi connectivity index (χ0n) is 7.88. The van der Waals surface area contributed by atoms with Gasteiger partial charge in [0.25, 0.3) is 6.33 Å². The number of fused-ring (bicyclic) bond motifs is 1. The lowest BCUT2D eigenvalue weighted by Gasteiger charge is -1.98. The minimum Gasteiger partial charge on any atom is -0.454 e. The summed E-state index contributed by atoms with van der Waals surface area (Å²) in [6.45, 7) is 0.935. The van der Waals surface area contributed by atoms with Crippen molar-refractivity contribution in [2.24, 2.45) is 0 Å². The number of nitrogens with zero attached hydrogens (tertiary/aromatic N) is 3. The van der Waals surface area contributed by atoms with Gasteiger partial charge in [0.15, 0.2) is 23.3 Å². The molecule has 0 spiro atoms. The van der Waals surface area contributed by atoms with Gasteiger partial charge in [0.05, 0.1) is 5.10 Å². The van der Waals surface area contributed by atoms with Crippen molar-refractivity contribution in [2.45, 2.75) is 6.54 Å². The SMILES string of the molecule is c1nn[n+](Cc2ccc3c(c2)OCO3)[nH]1. The number of rotatable bonds is 2. The Kier molecular flexibility index (Phi) is 1.77. The summed E-state index contributed by atoms with van der Waals surface area (Å²) in [5, 5.41) is 10.4. The van der Waals surface area contributed by atoms with E-state index in [1.165, 1.54) is 6.33 Å². The number of nitrogens with one attached hydrogen (secondary N) is 1. The van der Waals surface area contributed by atoms with E-state index in [1.54, 1.807) is 4.80 Å². The van der Waals surface area contributed by atoms with Crippen LogP contribution in [-0.4, -0.2) is 22.2 Å². The molecule has 0 atom stereocenters. The summed E-state index contributed by atoms with van der Waals surface area (Å²) in [4.78, 5) is 1.64. The number of benzene rings is 1. The number of ether oxygens (including phenoxy) is 2. The van der Waals surface area contributed by atoms with Crippen LogP contribution in [0.5, 0.6) is 11.5 Å². The first-order chi connectivity index (χ1) is 7.42. The molecule has 1 aromatic heterocycles. The molecule has 6 heteroatoms. The Morgan fingerprint density at radius 2 is 2.27 bits per heavy atom. The first-order valence-electron chi connectivity index (χ1n) is 4.56. The second kappa shape index (κ2) is 3.23. The van der Waals surface area contributed by atoms with E-state index >= 15 is 0 Å². The van der Waals surface area contributed by atoms with Gasteiger partial charge < -0.3 is 9.47 Å². The highest BCUT2D eigenvalue weighted by Gasteiger charge is 2.14. The third-order valence-electron chi connectivity index (χ3n) is 2.19. The van der Waals surface area contributed by atoms with E-state index in [2.05, 4.69) is 15.4 Å². The highest BCUT2D eigenvalue weighted by atomic mass is 16.7. The molecule has 3 rings (SSSR count). The van der Waals surface area contributed by atoms with Gasteiger partial charge in [0.2, 0.25) is 6.79 Å². The van der Waals surface area contributed by atoms with Gasteiger partial charge in [-0.15, -0.1) is 0 Å². The molecule has 0 fully saturated rings. The minimum absolute atomic E-state index is 0.300. The van der Waals surface area contributed by atoms with Crippen LogP contribution in [0.4, 0.5) is 0 Å². The molecule has 0 unspecified atom stereocenters. The predicted molar refractivity (Wildman–Crippen MR) is 48.2 cm³/mol. The molecular formula is C9H9N4O2+. The lowest BCUT2D eigenvalue weighted by molar-refractivity contribution is -0.798. The van der Waals surface area contributed by atoms with Crippen LogP contribution < -0.4 is 14.3 Å². The molecule has 1 aliphatic rings. The van der Waals surface area contributed by atoms with Crippen molar-refractivity contribution < 1.29 is 14.3 Å². The Balaban J connectivity index is 1.87. The van der Waals surface area contributed by atoms with Crippen LogP contribution in [0.3, 0.4) is 0 Å². The largest absolute Gasteiger partial charge is 0.454 e. The molecule has 15 heavy (non-hydrogen) atoms. The topological polar surface area (TPSA) is 63.9 Å². The predicted octanol–water partition coefficient (Wildman–Crippen LogP) is -0.131. The van der Waals surface area contributed by atoms with Crippen LogP contribution >= 0.6 is 0 Å². The number of H-pyrrole nitrogens is 1. The van der Waals surface area contributed by atoms with Crippen molar-refractivity contribution >= 4 is 0 Å². The number of aromatic nitrogens is 4. The molecule has 0 saturated heterocycles. The standard InChI is InChI=1S/C9H8N4O2/c1-2-8-9(15-6-14-8)3-7(1)4-13-11-5-10-12-13/h1-3,5H,4,6H2/p+1. The van der Waals surface area contributed by atoms with Gasteiger partial charge in [-0.1, -0.05) is 10.9 Å². The Morgan fingerprint density at radius 1 is 1.33 bits per heavy atom. The minimum atomic E-state index is 0.300. The zero-order valence-corrected chi connectivity index (χ0v) is 7.88. The molecule has 1 aromatic carbocycles. The number of tetrazole rings is 1. The lowest BCUT2D eigenvalue weighted by atomic mass is 10.2. The number of hydrogen-bond acceptors (Lipinski definition) is 4. The molecule has 2 heterocycles. The molecule has 0 aliphatic carbocycles. The molecule has 0 saturated carbocycles. The quantitative estimate of drug-likeness (QED) is 0.693. The molecule has 0 amide bonds. The average Bonchev–Trinajstić information content (AvgIpc) is 2.87. The fourth-order valence-electron chi connectivity index (χ4n) is 1.50. The third-order valence-corrected chi connectivity index (χ3v) is 2.19. The van der Waals surface area contributed by atoms with Gasteiger partial charge in [-0.3, -0.25) is 0 Å². The van der Waals surface area contributed by atoms with E-state index in [-0.39, 0.29) is 0 Å². The highest BCUT2D eigenvalue weighted by Crippen LogP contribution is 2.32. The zero-order chi connectivity index (χ0) is 10.1. The summed E-state index contributed by atoms with van der Waals surface area (Å²) in [7, 11) is 0. The second-order valence-electron chi connectivity index (χ2n) is 3.21. The van der Waals surface area contributed by atoms with Crippen LogP contribution in [0.1, 0.15) is 5.56 Å². The first-order valence-corrected chi connectivity index (χ1v) is 4.56. The van der Waals surface area contributed by atoms with Crippen molar-refractivity contribution in [1.29, 1.82) is 0 Å². The maximum absolute atomic E-state index is 5.28.